The highest BCUT2D eigenvalue weighted by atomic mass is 32.2. The molecule has 6 amide bonds. The summed E-state index contributed by atoms with van der Waals surface area (Å²) in [6.07, 6.45) is 4.17. The average molecular weight is 1010 g/mol. The highest BCUT2D eigenvalue weighted by Crippen LogP contribution is 2.37. The minimum absolute atomic E-state index is 0.0136. The van der Waals surface area contributed by atoms with Gasteiger partial charge in [0.1, 0.15) is 18.7 Å². The fourth-order valence-corrected chi connectivity index (χ4v) is 11.4. The predicted molar refractivity (Wildman–Crippen MR) is 266 cm³/mol. The number of rotatable bonds is 22. The molecule has 5 aliphatic rings. The Kier molecular flexibility index (Phi) is 17.1. The Bertz CT molecular complexity index is 2520. The number of benzene rings is 3. The van der Waals surface area contributed by atoms with Crippen LogP contribution >= 0.6 is 23.1 Å². The first-order chi connectivity index (χ1) is 34.7. The van der Waals surface area contributed by atoms with E-state index in [-0.39, 0.29) is 42.6 Å². The molecule has 2 unspecified atom stereocenters. The van der Waals surface area contributed by atoms with E-state index in [0.29, 0.717) is 107 Å². The number of carbonyl (C=O) groups excluding carboxylic acids is 6. The second-order valence-electron chi connectivity index (χ2n) is 18.0. The van der Waals surface area contributed by atoms with Gasteiger partial charge in [-0.1, -0.05) is 42.5 Å². The Morgan fingerprint density at radius 3 is 2.23 bits per heavy atom. The normalized spacial score (nSPS) is 19.0. The molecule has 3 fully saturated rings. The number of hydrogen-bond acceptors (Lipinski definition) is 15. The van der Waals surface area contributed by atoms with Crippen molar-refractivity contribution in [2.75, 3.05) is 108 Å². The number of carbonyl (C=O) groups is 6. The van der Waals surface area contributed by atoms with Crippen molar-refractivity contribution in [1.82, 2.24) is 29.9 Å². The molecule has 0 spiro atoms. The van der Waals surface area contributed by atoms with Crippen LogP contribution in [0.2, 0.25) is 0 Å². The summed E-state index contributed by atoms with van der Waals surface area (Å²) in [4.78, 5) is 92.7. The molecule has 3 saturated heterocycles. The van der Waals surface area contributed by atoms with Crippen LogP contribution in [0.25, 0.3) is 0 Å². The number of amides is 6. The summed E-state index contributed by atoms with van der Waals surface area (Å²) >= 11 is 2.94. The number of anilines is 2. The number of imide groups is 1. The molecule has 2 atom stereocenters. The molecule has 0 bridgehead atoms. The van der Waals surface area contributed by atoms with E-state index in [9.17, 15) is 28.8 Å². The number of piperidine rings is 2. The second kappa shape index (κ2) is 24.1. The highest BCUT2D eigenvalue weighted by Gasteiger charge is 2.41. The van der Waals surface area contributed by atoms with E-state index >= 15 is 0 Å². The third-order valence-electron chi connectivity index (χ3n) is 13.6. The van der Waals surface area contributed by atoms with Gasteiger partial charge in [0.05, 0.1) is 46.2 Å². The summed E-state index contributed by atoms with van der Waals surface area (Å²) in [6, 6.07) is 20.1. The van der Waals surface area contributed by atoms with Gasteiger partial charge >= 0.3 is 0 Å². The lowest BCUT2D eigenvalue weighted by atomic mass is 10.0. The lowest BCUT2D eigenvalue weighted by Gasteiger charge is -2.43. The lowest BCUT2D eigenvalue weighted by molar-refractivity contribution is -0.139. The van der Waals surface area contributed by atoms with Gasteiger partial charge < -0.3 is 38.5 Å². The van der Waals surface area contributed by atoms with Crippen LogP contribution in [-0.2, 0) is 51.2 Å². The van der Waals surface area contributed by atoms with Crippen molar-refractivity contribution in [2.24, 2.45) is 0 Å². The number of nitrogens with one attached hydrogen (secondary N) is 2. The van der Waals surface area contributed by atoms with Crippen molar-refractivity contribution in [1.29, 1.82) is 0 Å². The van der Waals surface area contributed by atoms with Gasteiger partial charge in [0.2, 0.25) is 17.7 Å². The molecular formula is C51H60N8O10S2. The predicted octanol–water partition coefficient (Wildman–Crippen LogP) is 4.21. The molecule has 376 valence electrons. The number of nitrogens with zero attached hydrogens (tertiary/aromatic N) is 6. The number of thioether (sulfide) groups is 1. The number of hydrogen-bond donors (Lipinski definition) is 2. The first kappa shape index (κ1) is 50.2. The summed E-state index contributed by atoms with van der Waals surface area (Å²) < 4.78 is 22.6. The molecule has 4 aromatic rings. The van der Waals surface area contributed by atoms with Gasteiger partial charge in [-0.25, -0.2) is 4.98 Å². The van der Waals surface area contributed by atoms with E-state index in [4.69, 9.17) is 18.9 Å². The molecule has 0 saturated carbocycles. The topological polar surface area (TPSA) is 192 Å². The number of piperazine rings is 1. The van der Waals surface area contributed by atoms with Crippen LogP contribution < -0.4 is 15.5 Å². The molecule has 0 radical (unpaired) electrons. The zero-order valence-corrected chi connectivity index (χ0v) is 41.3. The zero-order chi connectivity index (χ0) is 49.1. The Hall–Kier alpha value is -5.74. The highest BCUT2D eigenvalue weighted by molar-refractivity contribution is 7.99. The molecule has 20 heteroatoms. The largest absolute Gasteiger partial charge is 0.378 e. The lowest BCUT2D eigenvalue weighted by Crippen LogP contribution is -2.54. The quantitative estimate of drug-likeness (QED) is 0.0647. The van der Waals surface area contributed by atoms with Crippen molar-refractivity contribution in [3.63, 3.8) is 0 Å². The first-order valence-corrected chi connectivity index (χ1v) is 26.2. The number of fused-ring (bicyclic) bond motifs is 2. The maximum atomic E-state index is 14.0. The van der Waals surface area contributed by atoms with E-state index in [1.54, 1.807) is 39.2 Å². The monoisotopic (exact) mass is 1010 g/mol. The van der Waals surface area contributed by atoms with E-state index in [1.807, 2.05) is 59.5 Å². The Labute approximate surface area is 421 Å². The Morgan fingerprint density at radius 2 is 1.51 bits per heavy atom. The van der Waals surface area contributed by atoms with Gasteiger partial charge in [-0.05, 0) is 60.2 Å². The van der Waals surface area contributed by atoms with Crippen LogP contribution in [0.1, 0.15) is 69.1 Å². The van der Waals surface area contributed by atoms with Crippen molar-refractivity contribution >= 4 is 69.4 Å². The maximum Gasteiger partial charge on any atom is 0.255 e. The van der Waals surface area contributed by atoms with Gasteiger partial charge in [0, 0.05) is 104 Å². The average Bonchev–Trinajstić information content (AvgIpc) is 4.12. The first-order valence-electron chi connectivity index (χ1n) is 24.4. The molecule has 0 aliphatic carbocycles. The van der Waals surface area contributed by atoms with Crippen molar-refractivity contribution < 1.29 is 47.7 Å². The summed E-state index contributed by atoms with van der Waals surface area (Å²) in [5.74, 6) is -0.678. The van der Waals surface area contributed by atoms with Crippen molar-refractivity contribution in [3.05, 3.63) is 106 Å². The van der Waals surface area contributed by atoms with E-state index < -0.39 is 18.0 Å². The number of thiazole rings is 1. The molecule has 1 aromatic heterocycles. The SMILES string of the molecule is O=C1CCC(N2Cc3c(SCCOCCOCCOCCOCC(=O)N4CCN(C5CCN(c6ccc7c(c6)C(=O)N(C(C(=O)Nc6nccs6)c6ccccc6)C7)CC5)CC4)cccc3C2=O)C(=O)N1. The molecule has 18 nitrogen and oxygen atoms in total. The van der Waals surface area contributed by atoms with E-state index in [2.05, 4.69) is 31.5 Å². The van der Waals surface area contributed by atoms with Crippen LogP contribution in [0.15, 0.2) is 83.2 Å². The van der Waals surface area contributed by atoms with Gasteiger partial charge in [0.15, 0.2) is 5.13 Å². The smallest absolute Gasteiger partial charge is 0.255 e. The number of ether oxygens (including phenoxy) is 4. The van der Waals surface area contributed by atoms with Crippen LogP contribution in [0.4, 0.5) is 10.8 Å². The molecule has 5 aliphatic heterocycles. The Balaban J connectivity index is 0.599. The van der Waals surface area contributed by atoms with Gasteiger partial charge in [0.25, 0.3) is 17.7 Å². The third kappa shape index (κ3) is 12.3. The van der Waals surface area contributed by atoms with Crippen molar-refractivity contribution in [2.45, 2.75) is 61.8 Å². The van der Waals surface area contributed by atoms with E-state index in [0.717, 1.165) is 66.3 Å². The summed E-state index contributed by atoms with van der Waals surface area (Å²) in [5, 5.41) is 7.54. The maximum absolute atomic E-state index is 14.0. The van der Waals surface area contributed by atoms with Gasteiger partial charge in [-0.3, -0.25) is 44.3 Å². The van der Waals surface area contributed by atoms with Crippen LogP contribution in [0.5, 0.6) is 0 Å². The number of aromatic nitrogens is 1. The molecule has 9 rings (SSSR count). The standard InChI is InChI=1S/C51H60N8O10S2/c60-44-12-11-42(47(62)53-44)58-33-41-39(49(58)64)7-4-8-43(41)70-30-28-68-25-24-66-22-23-67-26-27-69-34-45(61)57-20-18-56(19-21-57)37-13-16-55(17-14-37)38-10-9-36-32-59(50(65)40(36)31-38)46(35-5-2-1-3-6-35)48(63)54-51-52-15-29-71-51/h1-10,15,29,31,37,42,46H,11-14,16-28,30,32-34H2,(H,52,54,63)(H,53,60,62). The van der Waals surface area contributed by atoms with Gasteiger partial charge in [-0.15, -0.1) is 23.1 Å². The minimum Gasteiger partial charge on any atom is -0.378 e. The van der Waals surface area contributed by atoms with E-state index in [1.165, 1.54) is 11.3 Å². The second-order valence-corrected chi connectivity index (χ2v) is 20.0. The van der Waals surface area contributed by atoms with Crippen LogP contribution in [-0.4, -0.2) is 170 Å². The third-order valence-corrected chi connectivity index (χ3v) is 15.4. The summed E-state index contributed by atoms with van der Waals surface area (Å²) in [6.45, 7) is 8.26. The summed E-state index contributed by atoms with van der Waals surface area (Å²) in [7, 11) is 0. The zero-order valence-electron chi connectivity index (χ0n) is 39.7. The fraction of sp³-hybridized carbons (Fsp3) is 0.471. The molecular weight excluding hydrogens is 949 g/mol. The fourth-order valence-electron chi connectivity index (χ4n) is 9.92. The summed E-state index contributed by atoms with van der Waals surface area (Å²) in [5.41, 5.74) is 4.81. The molecule has 6 heterocycles. The molecule has 3 aromatic carbocycles. The minimum atomic E-state index is -0.797. The van der Waals surface area contributed by atoms with Gasteiger partial charge in [-0.2, -0.15) is 0 Å². The molecule has 2 N–H and O–H groups in total. The van der Waals surface area contributed by atoms with Crippen LogP contribution in [0.3, 0.4) is 0 Å². The van der Waals surface area contributed by atoms with Crippen molar-refractivity contribution in [3.8, 4) is 0 Å². The molecule has 71 heavy (non-hydrogen) atoms. The Morgan fingerprint density at radius 1 is 0.775 bits per heavy atom. The van der Waals surface area contributed by atoms with Crippen LogP contribution in [0, 0.1) is 0 Å².